The average Bonchev–Trinajstić information content (AvgIpc) is 2.41. The summed E-state index contributed by atoms with van der Waals surface area (Å²) < 4.78 is 0. The van der Waals surface area contributed by atoms with Gasteiger partial charge in [0, 0.05) is 26.7 Å². The van der Waals surface area contributed by atoms with E-state index in [2.05, 4.69) is 0 Å². The summed E-state index contributed by atoms with van der Waals surface area (Å²) in [4.78, 5) is 0. The van der Waals surface area contributed by atoms with Crippen molar-refractivity contribution in [2.75, 3.05) is 0 Å². The Balaban J connectivity index is 2.73. The third-order valence-electron chi connectivity index (χ3n) is 2.92. The first-order valence-corrected chi connectivity index (χ1v) is 7.17. The van der Waals surface area contributed by atoms with Crippen molar-refractivity contribution in [1.82, 2.24) is 0 Å². The van der Waals surface area contributed by atoms with E-state index in [0.717, 1.165) is 0 Å². The second kappa shape index (κ2) is 6.52. The zero-order valence-corrected chi connectivity index (χ0v) is 13.2. The van der Waals surface area contributed by atoms with Crippen LogP contribution in [0.2, 0.25) is 20.1 Å². The van der Waals surface area contributed by atoms with Gasteiger partial charge < -0.3 is 10.2 Å². The maximum Gasteiger partial charge on any atom is 0.0711 e. The smallest absolute Gasteiger partial charge is 0.0711 e. The van der Waals surface area contributed by atoms with Gasteiger partial charge in [-0.2, -0.15) is 0 Å². The molecule has 0 aromatic heterocycles. The minimum Gasteiger partial charge on any atom is -0.392 e. The lowest BCUT2D eigenvalue weighted by atomic mass is 9.99. The Bertz CT molecular complexity index is 656. The van der Waals surface area contributed by atoms with Gasteiger partial charge in [0.05, 0.1) is 23.3 Å². The van der Waals surface area contributed by atoms with Crippen LogP contribution in [-0.4, -0.2) is 10.2 Å². The summed E-state index contributed by atoms with van der Waals surface area (Å²) in [6, 6.07) is 6.66. The molecule has 0 heterocycles. The molecule has 106 valence electrons. The molecule has 2 nitrogen and oxygen atoms in total. The normalized spacial score (nSPS) is 10.9. The van der Waals surface area contributed by atoms with Gasteiger partial charge in [-0.1, -0.05) is 52.5 Å². The molecule has 0 saturated carbocycles. The van der Waals surface area contributed by atoms with Crippen molar-refractivity contribution in [1.29, 1.82) is 0 Å². The predicted octanol–water partition coefficient (Wildman–Crippen LogP) is 4.95. The summed E-state index contributed by atoms with van der Waals surface area (Å²) in [5.74, 6) is 0. The van der Waals surface area contributed by atoms with Crippen LogP contribution in [0.15, 0.2) is 24.3 Å². The standard InChI is InChI=1S/C14H10Cl4O2/c15-8-1-2-9(12(16)4-8)10-3-7(5-19)13(17)11(6-20)14(10)18/h1-4,19-20H,5-6H2. The van der Waals surface area contributed by atoms with E-state index >= 15 is 0 Å². The topological polar surface area (TPSA) is 40.5 Å². The van der Waals surface area contributed by atoms with Crippen LogP contribution >= 0.6 is 46.4 Å². The molecule has 2 rings (SSSR count). The largest absolute Gasteiger partial charge is 0.392 e. The number of benzene rings is 2. The minimum absolute atomic E-state index is 0.258. The van der Waals surface area contributed by atoms with Crippen LogP contribution in [0, 0.1) is 0 Å². The van der Waals surface area contributed by atoms with E-state index in [9.17, 15) is 10.2 Å². The van der Waals surface area contributed by atoms with Gasteiger partial charge in [-0.05, 0) is 23.8 Å². The third kappa shape index (κ3) is 2.91. The molecule has 0 fully saturated rings. The Morgan fingerprint density at radius 3 is 2.05 bits per heavy atom. The monoisotopic (exact) mass is 350 g/mol. The van der Waals surface area contributed by atoms with Crippen molar-refractivity contribution < 1.29 is 10.2 Å². The SMILES string of the molecule is OCc1cc(-c2ccc(Cl)cc2Cl)c(Cl)c(CO)c1Cl. The fourth-order valence-electron chi connectivity index (χ4n) is 1.91. The van der Waals surface area contributed by atoms with Crippen LogP contribution in [0.25, 0.3) is 11.1 Å². The Morgan fingerprint density at radius 2 is 1.50 bits per heavy atom. The van der Waals surface area contributed by atoms with Gasteiger partial charge >= 0.3 is 0 Å². The number of halogens is 4. The van der Waals surface area contributed by atoms with Gasteiger partial charge in [0.15, 0.2) is 0 Å². The zero-order chi connectivity index (χ0) is 14.9. The van der Waals surface area contributed by atoms with E-state index in [1.807, 2.05) is 0 Å². The van der Waals surface area contributed by atoms with Crippen molar-refractivity contribution >= 4 is 46.4 Å². The minimum atomic E-state index is -0.330. The number of hydrogen-bond acceptors (Lipinski definition) is 2. The summed E-state index contributed by atoms with van der Waals surface area (Å²) in [7, 11) is 0. The maximum absolute atomic E-state index is 9.40. The number of rotatable bonds is 3. The highest BCUT2D eigenvalue weighted by Gasteiger charge is 2.17. The molecule has 0 aliphatic rings. The van der Waals surface area contributed by atoms with Crippen molar-refractivity contribution in [3.05, 3.63) is 55.5 Å². The molecule has 20 heavy (non-hydrogen) atoms. The molecule has 2 aromatic carbocycles. The Hall–Kier alpha value is -0.480. The van der Waals surface area contributed by atoms with Crippen LogP contribution < -0.4 is 0 Å². The van der Waals surface area contributed by atoms with Crippen molar-refractivity contribution in [2.45, 2.75) is 13.2 Å². The number of aliphatic hydroxyl groups is 2. The van der Waals surface area contributed by atoms with E-state index in [1.54, 1.807) is 24.3 Å². The van der Waals surface area contributed by atoms with Gasteiger partial charge in [0.1, 0.15) is 0 Å². The van der Waals surface area contributed by atoms with Crippen molar-refractivity contribution in [3.63, 3.8) is 0 Å². The Morgan fingerprint density at radius 1 is 0.800 bits per heavy atom. The van der Waals surface area contributed by atoms with Gasteiger partial charge in [0.2, 0.25) is 0 Å². The van der Waals surface area contributed by atoms with E-state index in [-0.39, 0.29) is 18.2 Å². The van der Waals surface area contributed by atoms with E-state index in [1.165, 1.54) is 0 Å². The molecule has 0 aliphatic heterocycles. The Kier molecular flexibility index (Phi) is 5.19. The fourth-order valence-corrected chi connectivity index (χ4v) is 3.05. The van der Waals surface area contributed by atoms with E-state index < -0.39 is 0 Å². The molecule has 0 atom stereocenters. The Labute approximate surface area is 136 Å². The molecule has 0 saturated heterocycles. The molecule has 6 heteroatoms. The highest BCUT2D eigenvalue weighted by Crippen LogP contribution is 2.40. The maximum atomic E-state index is 9.40. The summed E-state index contributed by atoms with van der Waals surface area (Å²) in [6.45, 7) is -0.592. The first kappa shape index (κ1) is 15.9. The second-order valence-corrected chi connectivity index (χ2v) is 5.73. The molecule has 0 radical (unpaired) electrons. The summed E-state index contributed by atoms with van der Waals surface area (Å²) in [6.07, 6.45) is 0. The number of aliphatic hydroxyl groups excluding tert-OH is 2. The second-order valence-electron chi connectivity index (χ2n) is 4.13. The summed E-state index contributed by atoms with van der Waals surface area (Å²) in [5, 5.41) is 20.2. The lowest BCUT2D eigenvalue weighted by Gasteiger charge is -2.15. The van der Waals surface area contributed by atoms with Gasteiger partial charge in [-0.25, -0.2) is 0 Å². The van der Waals surface area contributed by atoms with Crippen molar-refractivity contribution in [3.8, 4) is 11.1 Å². The molecule has 0 aliphatic carbocycles. The average molecular weight is 352 g/mol. The third-order valence-corrected chi connectivity index (χ3v) is 4.37. The van der Waals surface area contributed by atoms with E-state index in [4.69, 9.17) is 46.4 Å². The molecule has 2 N–H and O–H groups in total. The summed E-state index contributed by atoms with van der Waals surface area (Å²) >= 11 is 24.4. The van der Waals surface area contributed by atoms with Crippen LogP contribution in [0.1, 0.15) is 11.1 Å². The molecule has 2 aromatic rings. The highest BCUT2D eigenvalue weighted by molar-refractivity contribution is 6.40. The molecule has 0 spiro atoms. The van der Waals surface area contributed by atoms with Gasteiger partial charge in [-0.3, -0.25) is 0 Å². The van der Waals surface area contributed by atoms with Crippen LogP contribution in [0.3, 0.4) is 0 Å². The molecular formula is C14H10Cl4O2. The quantitative estimate of drug-likeness (QED) is 0.821. The van der Waals surface area contributed by atoms with Crippen LogP contribution in [0.5, 0.6) is 0 Å². The molecule has 0 unspecified atom stereocenters. The molecule has 0 bridgehead atoms. The van der Waals surface area contributed by atoms with Gasteiger partial charge in [0.25, 0.3) is 0 Å². The predicted molar refractivity (Wildman–Crippen MR) is 83.8 cm³/mol. The van der Waals surface area contributed by atoms with Crippen molar-refractivity contribution in [2.24, 2.45) is 0 Å². The highest BCUT2D eigenvalue weighted by atomic mass is 35.5. The zero-order valence-electron chi connectivity index (χ0n) is 10.1. The summed E-state index contributed by atoms with van der Waals surface area (Å²) in [5.41, 5.74) is 2.08. The first-order valence-electron chi connectivity index (χ1n) is 5.66. The first-order chi connectivity index (χ1) is 9.49. The van der Waals surface area contributed by atoms with Gasteiger partial charge in [-0.15, -0.1) is 0 Å². The number of hydrogen-bond donors (Lipinski definition) is 2. The lowest BCUT2D eigenvalue weighted by Crippen LogP contribution is -1.97. The lowest BCUT2D eigenvalue weighted by molar-refractivity contribution is 0.275. The van der Waals surface area contributed by atoms with Crippen LogP contribution in [-0.2, 0) is 13.2 Å². The fraction of sp³-hybridized carbons (Fsp3) is 0.143. The molecular weight excluding hydrogens is 342 g/mol. The molecule has 0 amide bonds. The van der Waals surface area contributed by atoms with E-state index in [0.29, 0.717) is 37.3 Å². The van der Waals surface area contributed by atoms with Crippen LogP contribution in [0.4, 0.5) is 0 Å².